The molecule has 4 nitrogen and oxygen atoms in total. The number of amides is 1. The molecule has 0 unspecified atom stereocenters. The van der Waals surface area contributed by atoms with E-state index in [1.54, 1.807) is 12.1 Å². The first kappa shape index (κ1) is 17.2. The second-order valence-electron chi connectivity index (χ2n) is 5.70. The number of carbonyl (C=O) groups excluding carboxylic acids is 1. The molecule has 5 heteroatoms. The number of nitrogens with one attached hydrogen (secondary N) is 1. The smallest absolute Gasteiger partial charge is 0.266 e. The maximum absolute atomic E-state index is 12.9. The minimum Gasteiger partial charge on any atom is -0.457 e. The molecule has 1 N–H and O–H groups in total. The van der Waals surface area contributed by atoms with Crippen LogP contribution in [0.1, 0.15) is 11.3 Å². The number of halogens is 1. The molecule has 0 bridgehead atoms. The zero-order valence-electron chi connectivity index (χ0n) is 14.0. The van der Waals surface area contributed by atoms with Crippen molar-refractivity contribution in [1.82, 2.24) is 0 Å². The first-order chi connectivity index (χ1) is 12.5. The van der Waals surface area contributed by atoms with Crippen molar-refractivity contribution in [2.75, 3.05) is 5.32 Å². The van der Waals surface area contributed by atoms with E-state index in [1.165, 1.54) is 30.3 Å². The van der Waals surface area contributed by atoms with Crippen LogP contribution < -0.4 is 5.32 Å². The summed E-state index contributed by atoms with van der Waals surface area (Å²) >= 11 is 0. The van der Waals surface area contributed by atoms with Gasteiger partial charge in [-0.1, -0.05) is 29.8 Å². The molecule has 0 aliphatic rings. The molecule has 0 saturated carbocycles. The van der Waals surface area contributed by atoms with Gasteiger partial charge in [0.25, 0.3) is 5.91 Å². The van der Waals surface area contributed by atoms with E-state index >= 15 is 0 Å². The van der Waals surface area contributed by atoms with Crippen molar-refractivity contribution in [2.24, 2.45) is 0 Å². The fourth-order valence-corrected chi connectivity index (χ4v) is 2.33. The van der Waals surface area contributed by atoms with Gasteiger partial charge < -0.3 is 9.73 Å². The van der Waals surface area contributed by atoms with Crippen molar-refractivity contribution in [2.45, 2.75) is 6.92 Å². The molecule has 0 radical (unpaired) electrons. The van der Waals surface area contributed by atoms with E-state index < -0.39 is 11.7 Å². The van der Waals surface area contributed by atoms with Crippen LogP contribution in [-0.2, 0) is 4.79 Å². The Morgan fingerprint density at radius 3 is 2.42 bits per heavy atom. The zero-order valence-corrected chi connectivity index (χ0v) is 14.0. The first-order valence-electron chi connectivity index (χ1n) is 7.91. The third-order valence-electron chi connectivity index (χ3n) is 3.72. The SMILES string of the molecule is Cc1ccc(-c2ccc(/C=C(\C#N)C(=O)Nc3ccc(F)cc3)o2)cc1. The van der Waals surface area contributed by atoms with Crippen LogP contribution in [0.5, 0.6) is 0 Å². The summed E-state index contributed by atoms with van der Waals surface area (Å²) in [5.41, 5.74) is 2.34. The van der Waals surface area contributed by atoms with Crippen molar-refractivity contribution >= 4 is 17.7 Å². The van der Waals surface area contributed by atoms with E-state index in [-0.39, 0.29) is 5.57 Å². The number of benzene rings is 2. The molecule has 26 heavy (non-hydrogen) atoms. The van der Waals surface area contributed by atoms with Crippen molar-refractivity contribution in [3.63, 3.8) is 0 Å². The predicted octanol–water partition coefficient (Wildman–Crippen LogP) is 4.94. The maximum Gasteiger partial charge on any atom is 0.266 e. The van der Waals surface area contributed by atoms with E-state index in [2.05, 4.69) is 5.32 Å². The fraction of sp³-hybridized carbons (Fsp3) is 0.0476. The summed E-state index contributed by atoms with van der Waals surface area (Å²) in [7, 11) is 0. The highest BCUT2D eigenvalue weighted by Crippen LogP contribution is 2.24. The number of nitrogens with zero attached hydrogens (tertiary/aromatic N) is 1. The molecule has 1 aromatic heterocycles. The van der Waals surface area contributed by atoms with Crippen LogP contribution in [0.25, 0.3) is 17.4 Å². The molecule has 3 aromatic rings. The summed E-state index contributed by atoms with van der Waals surface area (Å²) in [6.07, 6.45) is 1.37. The molecule has 0 saturated heterocycles. The highest BCUT2D eigenvalue weighted by Gasteiger charge is 2.11. The van der Waals surface area contributed by atoms with Crippen molar-refractivity contribution in [3.05, 3.63) is 83.4 Å². The number of aryl methyl sites for hydroxylation is 1. The van der Waals surface area contributed by atoms with Crippen molar-refractivity contribution in [3.8, 4) is 17.4 Å². The fourth-order valence-electron chi connectivity index (χ4n) is 2.33. The van der Waals surface area contributed by atoms with E-state index in [4.69, 9.17) is 4.42 Å². The van der Waals surface area contributed by atoms with Gasteiger partial charge in [0.1, 0.15) is 29.0 Å². The summed E-state index contributed by atoms with van der Waals surface area (Å²) in [6, 6.07) is 18.5. The molecule has 0 aliphatic heterocycles. The van der Waals surface area contributed by atoms with Gasteiger partial charge in [-0.05, 0) is 43.3 Å². The zero-order chi connectivity index (χ0) is 18.5. The summed E-state index contributed by atoms with van der Waals surface area (Å²) in [5.74, 6) is 0.0459. The van der Waals surface area contributed by atoms with E-state index in [0.29, 0.717) is 17.2 Å². The number of anilines is 1. The topological polar surface area (TPSA) is 66.0 Å². The number of rotatable bonds is 4. The number of hydrogen-bond acceptors (Lipinski definition) is 3. The number of nitriles is 1. The normalized spacial score (nSPS) is 11.0. The lowest BCUT2D eigenvalue weighted by Crippen LogP contribution is -2.13. The Bertz CT molecular complexity index is 994. The van der Waals surface area contributed by atoms with Gasteiger partial charge in [-0.15, -0.1) is 0 Å². The molecule has 0 aliphatic carbocycles. The second-order valence-corrected chi connectivity index (χ2v) is 5.70. The summed E-state index contributed by atoms with van der Waals surface area (Å²) in [5, 5.41) is 11.8. The Kier molecular flexibility index (Phi) is 4.95. The Morgan fingerprint density at radius 1 is 1.08 bits per heavy atom. The van der Waals surface area contributed by atoms with Gasteiger partial charge in [0.2, 0.25) is 0 Å². The average molecular weight is 346 g/mol. The molecule has 0 atom stereocenters. The van der Waals surface area contributed by atoms with Crippen molar-refractivity contribution < 1.29 is 13.6 Å². The highest BCUT2D eigenvalue weighted by atomic mass is 19.1. The van der Waals surface area contributed by atoms with Crippen molar-refractivity contribution in [1.29, 1.82) is 5.26 Å². The lowest BCUT2D eigenvalue weighted by Gasteiger charge is -2.03. The number of carbonyl (C=O) groups is 1. The third kappa shape index (κ3) is 4.05. The largest absolute Gasteiger partial charge is 0.457 e. The van der Waals surface area contributed by atoms with Crippen LogP contribution in [0.2, 0.25) is 0 Å². The van der Waals surface area contributed by atoms with E-state index in [9.17, 15) is 14.4 Å². The molecule has 0 fully saturated rings. The summed E-state index contributed by atoms with van der Waals surface area (Å²) < 4.78 is 18.6. The Balaban J connectivity index is 1.78. The van der Waals surface area contributed by atoms with Gasteiger partial charge >= 0.3 is 0 Å². The first-order valence-corrected chi connectivity index (χ1v) is 7.91. The molecule has 1 amide bonds. The Labute approximate surface area is 150 Å². The third-order valence-corrected chi connectivity index (χ3v) is 3.72. The van der Waals surface area contributed by atoms with Crippen LogP contribution in [0.4, 0.5) is 10.1 Å². The van der Waals surface area contributed by atoms with Gasteiger partial charge in [0.05, 0.1) is 0 Å². The molecule has 2 aromatic carbocycles. The van der Waals surface area contributed by atoms with Crippen LogP contribution >= 0.6 is 0 Å². The monoisotopic (exact) mass is 346 g/mol. The summed E-state index contributed by atoms with van der Waals surface area (Å²) in [6.45, 7) is 2.00. The number of hydrogen-bond donors (Lipinski definition) is 1. The molecule has 0 spiro atoms. The molecular formula is C21H15FN2O2. The molecule has 128 valence electrons. The quantitative estimate of drug-likeness (QED) is 0.537. The van der Waals surface area contributed by atoms with Gasteiger partial charge in [-0.25, -0.2) is 4.39 Å². The van der Waals surface area contributed by atoms with Crippen LogP contribution in [-0.4, -0.2) is 5.91 Å². The highest BCUT2D eigenvalue weighted by molar-refractivity contribution is 6.09. The predicted molar refractivity (Wildman–Crippen MR) is 97.5 cm³/mol. The number of furan rings is 1. The van der Waals surface area contributed by atoms with E-state index in [0.717, 1.165) is 11.1 Å². The average Bonchev–Trinajstić information content (AvgIpc) is 3.11. The van der Waals surface area contributed by atoms with Gasteiger partial charge in [-0.2, -0.15) is 5.26 Å². The second kappa shape index (κ2) is 7.49. The standard InChI is InChI=1S/C21H15FN2O2/c1-14-2-4-15(5-3-14)20-11-10-19(26-20)12-16(13-23)21(25)24-18-8-6-17(22)7-9-18/h2-12H,1H3,(H,24,25)/b16-12+. The molecule has 3 rings (SSSR count). The van der Waals surface area contributed by atoms with Gasteiger partial charge in [-0.3, -0.25) is 4.79 Å². The minimum atomic E-state index is -0.590. The maximum atomic E-state index is 12.9. The lowest BCUT2D eigenvalue weighted by molar-refractivity contribution is -0.112. The van der Waals surface area contributed by atoms with Gasteiger partial charge in [0.15, 0.2) is 0 Å². The van der Waals surface area contributed by atoms with E-state index in [1.807, 2.05) is 37.3 Å². The molecule has 1 heterocycles. The molecular weight excluding hydrogens is 331 g/mol. The summed E-state index contributed by atoms with van der Waals surface area (Å²) in [4.78, 5) is 12.2. The Hall–Kier alpha value is -3.65. The van der Waals surface area contributed by atoms with Crippen LogP contribution in [0.15, 0.2) is 70.7 Å². The lowest BCUT2D eigenvalue weighted by atomic mass is 10.1. The minimum absolute atomic E-state index is 0.112. The van der Waals surface area contributed by atoms with Crippen LogP contribution in [0.3, 0.4) is 0 Å². The van der Waals surface area contributed by atoms with Crippen LogP contribution in [0, 0.1) is 24.1 Å². The Morgan fingerprint density at radius 2 is 1.77 bits per heavy atom. The van der Waals surface area contributed by atoms with Gasteiger partial charge in [0, 0.05) is 17.3 Å².